The summed E-state index contributed by atoms with van der Waals surface area (Å²) in [6.45, 7) is 2.07. The molecule has 0 saturated carbocycles. The molecule has 0 aliphatic carbocycles. The molecule has 0 bridgehead atoms. The van der Waals surface area contributed by atoms with E-state index in [-0.39, 0.29) is 18.5 Å². The van der Waals surface area contributed by atoms with Crippen LogP contribution < -0.4 is 5.32 Å². The van der Waals surface area contributed by atoms with E-state index < -0.39 is 0 Å². The molecule has 15 heavy (non-hydrogen) atoms. The summed E-state index contributed by atoms with van der Waals surface area (Å²) >= 11 is 0. The Hall–Kier alpha value is -1.90. The Morgan fingerprint density at radius 2 is 2.53 bits per heavy atom. The molecule has 0 fully saturated rings. The SMILES string of the molecule is CCC(CC#N)NC(=O)Cn1cncn1. The molecule has 1 N–H and O–H groups in total. The summed E-state index contributed by atoms with van der Waals surface area (Å²) < 4.78 is 1.44. The maximum atomic E-state index is 11.4. The Labute approximate surface area is 87.9 Å². The second-order valence-corrected chi connectivity index (χ2v) is 3.13. The number of hydrogen-bond acceptors (Lipinski definition) is 4. The lowest BCUT2D eigenvalue weighted by molar-refractivity contribution is -0.122. The van der Waals surface area contributed by atoms with Gasteiger partial charge in [-0.3, -0.25) is 4.79 Å². The third-order valence-electron chi connectivity index (χ3n) is 1.97. The van der Waals surface area contributed by atoms with E-state index in [1.165, 1.54) is 17.3 Å². The van der Waals surface area contributed by atoms with Gasteiger partial charge >= 0.3 is 0 Å². The Balaban J connectivity index is 2.38. The van der Waals surface area contributed by atoms with Crippen LogP contribution in [-0.4, -0.2) is 26.7 Å². The number of carbonyl (C=O) groups excluding carboxylic acids is 1. The molecule has 0 spiro atoms. The molecular formula is C9H13N5O. The van der Waals surface area contributed by atoms with Gasteiger partial charge in [-0.15, -0.1) is 0 Å². The van der Waals surface area contributed by atoms with Crippen LogP contribution in [0.25, 0.3) is 0 Å². The van der Waals surface area contributed by atoms with Crippen molar-refractivity contribution in [2.24, 2.45) is 0 Å². The molecule has 1 heterocycles. The number of nitriles is 1. The van der Waals surface area contributed by atoms with E-state index in [1.54, 1.807) is 0 Å². The highest BCUT2D eigenvalue weighted by molar-refractivity contribution is 5.75. The van der Waals surface area contributed by atoms with Gasteiger partial charge in [0.15, 0.2) is 0 Å². The van der Waals surface area contributed by atoms with E-state index >= 15 is 0 Å². The van der Waals surface area contributed by atoms with Crippen LogP contribution in [0.1, 0.15) is 19.8 Å². The zero-order valence-corrected chi connectivity index (χ0v) is 8.55. The van der Waals surface area contributed by atoms with E-state index in [1.807, 2.05) is 13.0 Å². The number of rotatable bonds is 5. The topological polar surface area (TPSA) is 83.6 Å². The smallest absolute Gasteiger partial charge is 0.242 e. The summed E-state index contributed by atoms with van der Waals surface area (Å²) in [6, 6.07) is 1.96. The first-order valence-electron chi connectivity index (χ1n) is 4.75. The molecule has 0 aliphatic heterocycles. The van der Waals surface area contributed by atoms with E-state index in [0.717, 1.165) is 6.42 Å². The lowest BCUT2D eigenvalue weighted by Crippen LogP contribution is -2.36. The van der Waals surface area contributed by atoms with Gasteiger partial charge in [-0.05, 0) is 6.42 Å². The highest BCUT2D eigenvalue weighted by Crippen LogP contribution is 1.96. The Bertz CT molecular complexity index is 340. The molecule has 1 unspecified atom stereocenters. The van der Waals surface area contributed by atoms with Crippen molar-refractivity contribution in [3.05, 3.63) is 12.7 Å². The lowest BCUT2D eigenvalue weighted by atomic mass is 10.2. The molecule has 1 aromatic heterocycles. The van der Waals surface area contributed by atoms with Gasteiger partial charge in [0, 0.05) is 6.04 Å². The second kappa shape index (κ2) is 5.75. The zero-order chi connectivity index (χ0) is 11.1. The summed E-state index contributed by atoms with van der Waals surface area (Å²) in [6.07, 6.45) is 3.93. The predicted octanol–water partition coefficient (Wildman–Crippen LogP) is 0.0866. The zero-order valence-electron chi connectivity index (χ0n) is 8.55. The Morgan fingerprint density at radius 3 is 3.07 bits per heavy atom. The van der Waals surface area contributed by atoms with Gasteiger partial charge in [-0.1, -0.05) is 6.92 Å². The van der Waals surface area contributed by atoms with Crippen molar-refractivity contribution in [3.63, 3.8) is 0 Å². The third kappa shape index (κ3) is 3.77. The van der Waals surface area contributed by atoms with Gasteiger partial charge < -0.3 is 5.32 Å². The molecule has 1 atom stereocenters. The van der Waals surface area contributed by atoms with E-state index in [4.69, 9.17) is 5.26 Å². The van der Waals surface area contributed by atoms with Gasteiger partial charge in [0.05, 0.1) is 12.5 Å². The van der Waals surface area contributed by atoms with Crippen LogP contribution in [0.2, 0.25) is 0 Å². The quantitative estimate of drug-likeness (QED) is 0.741. The fourth-order valence-electron chi connectivity index (χ4n) is 1.14. The van der Waals surface area contributed by atoms with E-state index in [0.29, 0.717) is 6.42 Å². The molecule has 1 aromatic rings. The van der Waals surface area contributed by atoms with Crippen molar-refractivity contribution in [1.29, 1.82) is 5.26 Å². The summed E-state index contributed by atoms with van der Waals surface area (Å²) in [4.78, 5) is 15.2. The van der Waals surface area contributed by atoms with Crippen molar-refractivity contribution >= 4 is 5.91 Å². The standard InChI is InChI=1S/C9H13N5O/c1-2-8(3-4-10)13-9(15)5-14-7-11-6-12-14/h6-8H,2-3,5H2,1H3,(H,13,15). The van der Waals surface area contributed by atoms with Crippen LogP contribution in [0.5, 0.6) is 0 Å². The third-order valence-corrected chi connectivity index (χ3v) is 1.97. The summed E-state index contributed by atoms with van der Waals surface area (Å²) in [5.74, 6) is -0.150. The van der Waals surface area contributed by atoms with Crippen LogP contribution in [-0.2, 0) is 11.3 Å². The van der Waals surface area contributed by atoms with Crippen LogP contribution in [0.15, 0.2) is 12.7 Å². The fraction of sp³-hybridized carbons (Fsp3) is 0.556. The van der Waals surface area contributed by atoms with Gasteiger partial charge in [-0.2, -0.15) is 10.4 Å². The van der Waals surface area contributed by atoms with Crippen LogP contribution >= 0.6 is 0 Å². The lowest BCUT2D eigenvalue weighted by Gasteiger charge is -2.12. The number of carbonyl (C=O) groups is 1. The molecule has 0 radical (unpaired) electrons. The Kier molecular flexibility index (Phi) is 4.29. The minimum absolute atomic E-state index is 0.0778. The number of nitrogens with zero attached hydrogens (tertiary/aromatic N) is 4. The van der Waals surface area contributed by atoms with Gasteiger partial charge in [-0.25, -0.2) is 9.67 Å². The minimum atomic E-state index is -0.150. The highest BCUT2D eigenvalue weighted by Gasteiger charge is 2.10. The van der Waals surface area contributed by atoms with E-state index in [2.05, 4.69) is 15.4 Å². The number of amides is 1. The largest absolute Gasteiger partial charge is 0.351 e. The molecule has 0 aromatic carbocycles. The predicted molar refractivity (Wildman–Crippen MR) is 52.5 cm³/mol. The molecule has 80 valence electrons. The average Bonchev–Trinajstić information content (AvgIpc) is 2.69. The molecular weight excluding hydrogens is 194 g/mol. The van der Waals surface area contributed by atoms with Crippen LogP contribution in [0.3, 0.4) is 0 Å². The van der Waals surface area contributed by atoms with Crippen molar-refractivity contribution in [2.75, 3.05) is 0 Å². The van der Waals surface area contributed by atoms with Crippen molar-refractivity contribution < 1.29 is 4.79 Å². The van der Waals surface area contributed by atoms with Gasteiger partial charge in [0.2, 0.25) is 5.91 Å². The molecule has 1 amide bonds. The summed E-state index contributed by atoms with van der Waals surface area (Å²) in [7, 11) is 0. The molecule has 0 saturated heterocycles. The molecule has 6 nitrogen and oxygen atoms in total. The highest BCUT2D eigenvalue weighted by atomic mass is 16.2. The van der Waals surface area contributed by atoms with Gasteiger partial charge in [0.1, 0.15) is 19.2 Å². The molecule has 6 heteroatoms. The number of nitrogens with one attached hydrogen (secondary N) is 1. The normalized spacial score (nSPS) is 11.7. The van der Waals surface area contributed by atoms with E-state index in [9.17, 15) is 4.79 Å². The monoisotopic (exact) mass is 207 g/mol. The Morgan fingerprint density at radius 1 is 1.73 bits per heavy atom. The first-order valence-corrected chi connectivity index (χ1v) is 4.75. The second-order valence-electron chi connectivity index (χ2n) is 3.13. The van der Waals surface area contributed by atoms with Gasteiger partial charge in [0.25, 0.3) is 0 Å². The molecule has 1 rings (SSSR count). The molecule has 0 aliphatic rings. The number of hydrogen-bond donors (Lipinski definition) is 1. The van der Waals surface area contributed by atoms with Crippen molar-refractivity contribution in [3.8, 4) is 6.07 Å². The van der Waals surface area contributed by atoms with Crippen LogP contribution in [0.4, 0.5) is 0 Å². The van der Waals surface area contributed by atoms with Crippen molar-refractivity contribution in [2.45, 2.75) is 32.4 Å². The first kappa shape index (κ1) is 11.2. The summed E-state index contributed by atoms with van der Waals surface area (Å²) in [5.41, 5.74) is 0. The van der Waals surface area contributed by atoms with Crippen molar-refractivity contribution in [1.82, 2.24) is 20.1 Å². The maximum absolute atomic E-state index is 11.4. The minimum Gasteiger partial charge on any atom is -0.351 e. The number of aromatic nitrogens is 3. The fourth-order valence-corrected chi connectivity index (χ4v) is 1.14. The summed E-state index contributed by atoms with van der Waals surface area (Å²) in [5, 5.41) is 15.1. The van der Waals surface area contributed by atoms with Crippen LogP contribution in [0, 0.1) is 11.3 Å². The average molecular weight is 207 g/mol. The first-order chi connectivity index (χ1) is 7.26. The maximum Gasteiger partial charge on any atom is 0.242 e.